The van der Waals surface area contributed by atoms with Gasteiger partial charge in [0.2, 0.25) is 0 Å². The van der Waals surface area contributed by atoms with Gasteiger partial charge in [-0.2, -0.15) is 0 Å². The van der Waals surface area contributed by atoms with E-state index in [1.807, 2.05) is 0 Å². The van der Waals surface area contributed by atoms with E-state index in [9.17, 15) is 0 Å². The number of nitrogens with zero attached hydrogens (tertiary/aromatic N) is 2. The third-order valence-electron chi connectivity index (χ3n) is 3.17. The molecule has 1 saturated heterocycles. The van der Waals surface area contributed by atoms with Crippen LogP contribution in [-0.4, -0.2) is 35.2 Å². The number of thiazole rings is 1. The summed E-state index contributed by atoms with van der Waals surface area (Å²) in [6.07, 6.45) is 2.64. The molecule has 0 spiro atoms. The first-order valence-corrected chi connectivity index (χ1v) is 7.36. The van der Waals surface area contributed by atoms with Gasteiger partial charge >= 0.3 is 0 Å². The Bertz CT molecular complexity index is 353. The van der Waals surface area contributed by atoms with Gasteiger partial charge in [0.15, 0.2) is 0 Å². The molecule has 1 aliphatic rings. The van der Waals surface area contributed by atoms with Crippen molar-refractivity contribution in [2.75, 3.05) is 13.2 Å². The van der Waals surface area contributed by atoms with Crippen molar-refractivity contribution in [2.24, 2.45) is 0 Å². The van der Waals surface area contributed by atoms with Crippen molar-refractivity contribution < 1.29 is 4.74 Å². The van der Waals surface area contributed by atoms with Crippen LogP contribution < -0.4 is 0 Å². The first kappa shape index (κ1) is 13.0. The van der Waals surface area contributed by atoms with Crippen molar-refractivity contribution >= 4 is 11.3 Å². The van der Waals surface area contributed by atoms with Crippen molar-refractivity contribution in [1.82, 2.24) is 9.88 Å². The summed E-state index contributed by atoms with van der Waals surface area (Å²) < 4.78 is 5.64. The number of rotatable bonds is 4. The number of aryl methyl sites for hydroxylation is 1. The van der Waals surface area contributed by atoms with Crippen molar-refractivity contribution in [1.29, 1.82) is 0 Å². The van der Waals surface area contributed by atoms with Gasteiger partial charge in [0.25, 0.3) is 0 Å². The number of ether oxygens (including phenoxy) is 1. The molecule has 0 radical (unpaired) electrons. The van der Waals surface area contributed by atoms with Crippen LogP contribution in [0.2, 0.25) is 0 Å². The second kappa shape index (κ2) is 5.94. The number of aromatic nitrogens is 1. The topological polar surface area (TPSA) is 25.4 Å². The molecule has 1 aliphatic heterocycles. The highest BCUT2D eigenvalue weighted by Gasteiger charge is 2.23. The maximum atomic E-state index is 5.64. The van der Waals surface area contributed by atoms with Crippen molar-refractivity contribution in [3.63, 3.8) is 0 Å². The molecule has 1 fully saturated rings. The first-order chi connectivity index (χ1) is 8.19. The van der Waals surface area contributed by atoms with Crippen molar-refractivity contribution in [2.45, 2.75) is 52.3 Å². The van der Waals surface area contributed by atoms with Crippen LogP contribution in [0.5, 0.6) is 0 Å². The highest BCUT2D eigenvalue weighted by atomic mass is 32.1. The van der Waals surface area contributed by atoms with Gasteiger partial charge in [-0.05, 0) is 26.7 Å². The van der Waals surface area contributed by atoms with Crippen molar-refractivity contribution in [3.8, 4) is 0 Å². The Morgan fingerprint density at radius 3 is 3.12 bits per heavy atom. The zero-order valence-corrected chi connectivity index (χ0v) is 11.8. The van der Waals surface area contributed by atoms with E-state index in [0.717, 1.165) is 26.1 Å². The molecule has 2 atom stereocenters. The molecule has 0 unspecified atom stereocenters. The smallest absolute Gasteiger partial charge is 0.0928 e. The van der Waals surface area contributed by atoms with E-state index < -0.39 is 0 Å². The minimum absolute atomic E-state index is 0.347. The predicted octanol–water partition coefficient (Wildman–Crippen LogP) is 2.70. The molecule has 0 bridgehead atoms. The normalized spacial score (nSPS) is 26.3. The predicted molar refractivity (Wildman–Crippen MR) is 71.4 cm³/mol. The SMILES string of the molecule is CCCc1nc(CN2C[C@@H](C)OC[C@H]2C)cs1. The van der Waals surface area contributed by atoms with E-state index in [1.165, 1.54) is 17.1 Å². The number of morpholine rings is 1. The molecule has 2 rings (SSSR count). The summed E-state index contributed by atoms with van der Waals surface area (Å²) >= 11 is 1.80. The Morgan fingerprint density at radius 2 is 2.35 bits per heavy atom. The molecule has 0 aliphatic carbocycles. The minimum atomic E-state index is 0.347. The summed E-state index contributed by atoms with van der Waals surface area (Å²) in [6, 6.07) is 0.502. The highest BCUT2D eigenvalue weighted by Crippen LogP contribution is 2.17. The summed E-state index contributed by atoms with van der Waals surface area (Å²) in [6.45, 7) is 9.39. The fraction of sp³-hybridized carbons (Fsp3) is 0.769. The van der Waals surface area contributed by atoms with Crippen LogP contribution in [0.4, 0.5) is 0 Å². The Balaban J connectivity index is 1.94. The molecule has 1 aromatic rings. The van der Waals surface area contributed by atoms with E-state index in [0.29, 0.717) is 12.1 Å². The maximum Gasteiger partial charge on any atom is 0.0928 e. The lowest BCUT2D eigenvalue weighted by molar-refractivity contribution is -0.0530. The molecule has 3 nitrogen and oxygen atoms in total. The van der Waals surface area contributed by atoms with Crippen LogP contribution in [0, 0.1) is 0 Å². The van der Waals surface area contributed by atoms with Gasteiger partial charge in [-0.25, -0.2) is 4.98 Å². The molecule has 0 saturated carbocycles. The third kappa shape index (κ3) is 3.50. The molecular weight excluding hydrogens is 232 g/mol. The largest absolute Gasteiger partial charge is 0.376 e. The molecule has 0 aromatic carbocycles. The second-order valence-electron chi connectivity index (χ2n) is 4.90. The van der Waals surface area contributed by atoms with Gasteiger partial charge in [-0.1, -0.05) is 6.92 Å². The average Bonchev–Trinajstić information content (AvgIpc) is 2.72. The Hall–Kier alpha value is -0.450. The minimum Gasteiger partial charge on any atom is -0.376 e. The van der Waals surface area contributed by atoms with Gasteiger partial charge in [0.1, 0.15) is 0 Å². The van der Waals surface area contributed by atoms with Gasteiger partial charge in [-0.3, -0.25) is 4.90 Å². The number of hydrogen-bond donors (Lipinski definition) is 0. The lowest BCUT2D eigenvalue weighted by Crippen LogP contribution is -2.46. The van der Waals surface area contributed by atoms with E-state index in [4.69, 9.17) is 4.74 Å². The van der Waals surface area contributed by atoms with Crippen LogP contribution >= 0.6 is 11.3 Å². The van der Waals surface area contributed by atoms with E-state index in [1.54, 1.807) is 11.3 Å². The van der Waals surface area contributed by atoms with E-state index in [2.05, 4.69) is 36.0 Å². The zero-order valence-electron chi connectivity index (χ0n) is 11.0. The number of hydrogen-bond acceptors (Lipinski definition) is 4. The summed E-state index contributed by atoms with van der Waals surface area (Å²) in [5.41, 5.74) is 1.22. The lowest BCUT2D eigenvalue weighted by Gasteiger charge is -2.36. The summed E-state index contributed by atoms with van der Waals surface area (Å²) in [7, 11) is 0. The van der Waals surface area contributed by atoms with E-state index >= 15 is 0 Å². The second-order valence-corrected chi connectivity index (χ2v) is 5.85. The highest BCUT2D eigenvalue weighted by molar-refractivity contribution is 7.09. The summed E-state index contributed by atoms with van der Waals surface area (Å²) in [5, 5.41) is 3.48. The Morgan fingerprint density at radius 1 is 1.53 bits per heavy atom. The van der Waals surface area contributed by atoms with Crippen LogP contribution in [0.15, 0.2) is 5.38 Å². The Kier molecular flexibility index (Phi) is 4.54. The zero-order chi connectivity index (χ0) is 12.3. The maximum absolute atomic E-state index is 5.64. The standard InChI is InChI=1S/C13H22N2OS/c1-4-5-13-14-12(9-17-13)7-15-6-11(3)16-8-10(15)2/h9-11H,4-8H2,1-3H3/t10-,11-/m1/s1. The van der Waals surface area contributed by atoms with Gasteiger partial charge in [-0.15, -0.1) is 11.3 Å². The monoisotopic (exact) mass is 254 g/mol. The fourth-order valence-electron chi connectivity index (χ4n) is 2.15. The molecule has 1 aromatic heterocycles. The van der Waals surface area contributed by atoms with Gasteiger partial charge in [0, 0.05) is 24.5 Å². The van der Waals surface area contributed by atoms with Crippen LogP contribution in [-0.2, 0) is 17.7 Å². The molecule has 0 N–H and O–H groups in total. The summed E-state index contributed by atoms with van der Waals surface area (Å²) in [5.74, 6) is 0. The molecular formula is C13H22N2OS. The molecule has 0 amide bonds. The lowest BCUT2D eigenvalue weighted by atomic mass is 10.2. The quantitative estimate of drug-likeness (QED) is 0.826. The van der Waals surface area contributed by atoms with Crippen LogP contribution in [0.1, 0.15) is 37.9 Å². The fourth-order valence-corrected chi connectivity index (χ4v) is 3.04. The molecule has 96 valence electrons. The van der Waals surface area contributed by atoms with Gasteiger partial charge in [0.05, 0.1) is 23.4 Å². The van der Waals surface area contributed by atoms with Crippen LogP contribution in [0.25, 0.3) is 0 Å². The Labute approximate surface area is 108 Å². The third-order valence-corrected chi connectivity index (χ3v) is 4.12. The molecule has 17 heavy (non-hydrogen) atoms. The average molecular weight is 254 g/mol. The van der Waals surface area contributed by atoms with E-state index in [-0.39, 0.29) is 0 Å². The van der Waals surface area contributed by atoms with Gasteiger partial charge < -0.3 is 4.74 Å². The molecule has 2 heterocycles. The van der Waals surface area contributed by atoms with Crippen molar-refractivity contribution in [3.05, 3.63) is 16.1 Å². The van der Waals surface area contributed by atoms with Crippen LogP contribution in [0.3, 0.4) is 0 Å². The molecule has 4 heteroatoms. The first-order valence-electron chi connectivity index (χ1n) is 6.48. The summed E-state index contributed by atoms with van der Waals surface area (Å²) in [4.78, 5) is 7.16.